The van der Waals surface area contributed by atoms with Gasteiger partial charge >= 0.3 is 0 Å². The number of hydrogen-bond donors (Lipinski definition) is 1. The van der Waals surface area contributed by atoms with E-state index in [1.165, 1.54) is 12.1 Å². The molecule has 2 heteroatoms. The second kappa shape index (κ2) is 3.70. The van der Waals surface area contributed by atoms with E-state index in [-0.39, 0.29) is 31.3 Å². The van der Waals surface area contributed by atoms with Crippen LogP contribution in [0.2, 0.25) is 0 Å². The summed E-state index contributed by atoms with van der Waals surface area (Å²) in [6.45, 7) is -1.45. The molecule has 1 atom stereocenters. The van der Waals surface area contributed by atoms with Crippen LogP contribution in [0.5, 0.6) is 0 Å². The van der Waals surface area contributed by atoms with Gasteiger partial charge in [-0.2, -0.15) is 0 Å². The second-order valence-electron chi connectivity index (χ2n) is 2.52. The molecule has 1 saturated heterocycles. The average molecular weight is 168 g/mol. The molecular weight excluding hydrogens is 150 g/mol. The molecule has 0 aliphatic carbocycles. The standard InChI is InChI=1S/C10H13NO/c1-2-4-9(5-3-1)10-8-11-6-7-12-10/h1-5,10-11H,6-8H2/t10-/m1/s1/i1D,4D,5D,6D2. The monoisotopic (exact) mass is 168 g/mol. The van der Waals surface area contributed by atoms with E-state index in [0.29, 0.717) is 5.56 Å². The Hall–Kier alpha value is -0.860. The fourth-order valence-electron chi connectivity index (χ4n) is 1.11. The fourth-order valence-corrected chi connectivity index (χ4v) is 1.11. The van der Waals surface area contributed by atoms with Gasteiger partial charge in [0.2, 0.25) is 0 Å². The van der Waals surface area contributed by atoms with Crippen LogP contribution < -0.4 is 5.32 Å². The van der Waals surface area contributed by atoms with Crippen molar-refractivity contribution in [1.82, 2.24) is 5.32 Å². The number of nitrogens with one attached hydrogen (secondary N) is 1. The minimum Gasteiger partial charge on any atom is -0.371 e. The summed E-state index contributed by atoms with van der Waals surface area (Å²) in [5.41, 5.74) is 0.406. The predicted molar refractivity (Wildman–Crippen MR) is 48.0 cm³/mol. The molecule has 2 rings (SSSR count). The molecule has 0 saturated carbocycles. The number of hydrogen-bond acceptors (Lipinski definition) is 2. The molecule has 1 heterocycles. The average Bonchev–Trinajstić information content (AvgIpc) is 2.19. The Balaban J connectivity index is 2.24. The summed E-state index contributed by atoms with van der Waals surface area (Å²) < 4.78 is 43.1. The van der Waals surface area contributed by atoms with E-state index in [0.717, 1.165) is 0 Å². The van der Waals surface area contributed by atoms with E-state index in [4.69, 9.17) is 11.6 Å². The van der Waals surface area contributed by atoms with E-state index >= 15 is 0 Å². The van der Waals surface area contributed by atoms with E-state index < -0.39 is 12.6 Å². The first-order valence-electron chi connectivity index (χ1n) is 6.33. The highest BCUT2D eigenvalue weighted by Crippen LogP contribution is 2.17. The zero-order valence-electron chi connectivity index (χ0n) is 11.6. The van der Waals surface area contributed by atoms with Crippen LogP contribution in [0.3, 0.4) is 0 Å². The van der Waals surface area contributed by atoms with Crippen LogP contribution in [0.15, 0.2) is 30.3 Å². The zero-order chi connectivity index (χ0) is 12.6. The van der Waals surface area contributed by atoms with Gasteiger partial charge in [-0.25, -0.2) is 0 Å². The van der Waals surface area contributed by atoms with Crippen molar-refractivity contribution in [3.05, 3.63) is 35.8 Å². The number of benzene rings is 1. The lowest BCUT2D eigenvalue weighted by atomic mass is 10.1. The Bertz CT molecular complexity index is 404. The van der Waals surface area contributed by atoms with Gasteiger partial charge in [-0.15, -0.1) is 0 Å². The summed E-state index contributed by atoms with van der Waals surface area (Å²) in [5, 5.41) is 2.67. The molecule has 0 spiro atoms. The van der Waals surface area contributed by atoms with Gasteiger partial charge in [0.25, 0.3) is 0 Å². The van der Waals surface area contributed by atoms with Crippen molar-refractivity contribution in [1.29, 1.82) is 0 Å². The molecule has 2 nitrogen and oxygen atoms in total. The van der Waals surface area contributed by atoms with Crippen molar-refractivity contribution >= 4 is 0 Å². The third-order valence-corrected chi connectivity index (χ3v) is 1.71. The Labute approximate surface area is 79.6 Å². The molecular formula is C10H13NO. The minimum absolute atomic E-state index is 0.0942. The van der Waals surface area contributed by atoms with Gasteiger partial charge in [0.05, 0.1) is 16.8 Å². The normalized spacial score (nSPS) is 34.0. The third kappa shape index (κ3) is 1.65. The minimum atomic E-state index is -1.56. The summed E-state index contributed by atoms with van der Waals surface area (Å²) in [4.78, 5) is 0. The molecule has 1 aliphatic rings. The lowest BCUT2D eigenvalue weighted by molar-refractivity contribution is 0.0277. The van der Waals surface area contributed by atoms with Crippen molar-refractivity contribution < 1.29 is 11.6 Å². The molecule has 12 heavy (non-hydrogen) atoms. The highest BCUT2D eigenvalue weighted by molar-refractivity contribution is 5.18. The van der Waals surface area contributed by atoms with Crippen LogP contribution in [-0.2, 0) is 4.74 Å². The van der Waals surface area contributed by atoms with Crippen molar-refractivity contribution in [2.45, 2.75) is 6.10 Å². The van der Waals surface area contributed by atoms with Gasteiger partial charge in [-0.05, 0) is 5.56 Å². The predicted octanol–water partition coefficient (Wildman–Crippen LogP) is 1.35. The Morgan fingerprint density at radius 3 is 3.08 bits per heavy atom. The summed E-state index contributed by atoms with van der Waals surface area (Å²) in [5.74, 6) is 0. The maximum absolute atomic E-state index is 7.75. The van der Waals surface area contributed by atoms with Crippen molar-refractivity contribution in [2.75, 3.05) is 19.6 Å². The molecule has 0 amide bonds. The van der Waals surface area contributed by atoms with Crippen LogP contribution in [-0.4, -0.2) is 19.6 Å². The van der Waals surface area contributed by atoms with E-state index in [1.807, 2.05) is 0 Å². The van der Waals surface area contributed by atoms with Crippen LogP contribution in [0.25, 0.3) is 0 Å². The van der Waals surface area contributed by atoms with Crippen LogP contribution >= 0.6 is 0 Å². The number of rotatable bonds is 1. The first kappa shape index (κ1) is 3.90. The first-order chi connectivity index (χ1) is 7.89. The second-order valence-corrected chi connectivity index (χ2v) is 2.52. The summed E-state index contributed by atoms with van der Waals surface area (Å²) in [6.07, 6.45) is -0.501. The van der Waals surface area contributed by atoms with Gasteiger partial charge in [-0.1, -0.05) is 30.3 Å². The Morgan fingerprint density at radius 1 is 1.58 bits per heavy atom. The summed E-state index contributed by atoms with van der Waals surface area (Å²) in [7, 11) is 0. The quantitative estimate of drug-likeness (QED) is 0.683. The highest BCUT2D eigenvalue weighted by atomic mass is 16.5. The van der Waals surface area contributed by atoms with Crippen LogP contribution in [0, 0.1) is 0 Å². The number of ether oxygens (including phenoxy) is 1. The van der Waals surface area contributed by atoms with Gasteiger partial charge in [0.1, 0.15) is 0 Å². The van der Waals surface area contributed by atoms with Gasteiger partial charge in [0, 0.05) is 15.8 Å². The molecule has 0 bridgehead atoms. The lowest BCUT2D eigenvalue weighted by Crippen LogP contribution is -2.33. The van der Waals surface area contributed by atoms with E-state index in [2.05, 4.69) is 5.32 Å². The largest absolute Gasteiger partial charge is 0.371 e. The third-order valence-electron chi connectivity index (χ3n) is 1.71. The molecule has 0 radical (unpaired) electrons. The summed E-state index contributed by atoms with van der Waals surface area (Å²) in [6, 6.07) is 3.04. The van der Waals surface area contributed by atoms with Crippen molar-refractivity contribution in [3.63, 3.8) is 0 Å². The maximum Gasteiger partial charge on any atom is 0.0949 e. The topological polar surface area (TPSA) is 21.3 Å². The zero-order valence-corrected chi connectivity index (χ0v) is 6.55. The van der Waals surface area contributed by atoms with Crippen LogP contribution in [0.4, 0.5) is 0 Å². The Morgan fingerprint density at radius 2 is 2.42 bits per heavy atom. The van der Waals surface area contributed by atoms with E-state index in [1.54, 1.807) is 0 Å². The molecule has 0 aromatic heterocycles. The van der Waals surface area contributed by atoms with Crippen molar-refractivity contribution in [2.24, 2.45) is 0 Å². The van der Waals surface area contributed by atoms with Gasteiger partial charge in [-0.3, -0.25) is 0 Å². The summed E-state index contributed by atoms with van der Waals surface area (Å²) >= 11 is 0. The molecule has 0 unspecified atom stereocenters. The molecule has 1 aromatic rings. The molecule has 1 N–H and O–H groups in total. The number of morpholine rings is 1. The molecule has 1 fully saturated rings. The van der Waals surface area contributed by atoms with Gasteiger partial charge < -0.3 is 10.1 Å². The molecule has 1 aliphatic heterocycles. The molecule has 64 valence electrons. The fraction of sp³-hybridized carbons (Fsp3) is 0.400. The van der Waals surface area contributed by atoms with Crippen molar-refractivity contribution in [3.8, 4) is 0 Å². The smallest absolute Gasteiger partial charge is 0.0949 e. The van der Waals surface area contributed by atoms with Crippen LogP contribution in [0.1, 0.15) is 18.5 Å². The Kier molecular flexibility index (Phi) is 1.20. The SMILES string of the molecule is [2H]c1cc([2H])c([C@H]2CNC([2H])([2H])CO2)c([2H])c1. The lowest BCUT2D eigenvalue weighted by Gasteiger charge is -2.23. The first-order valence-corrected chi connectivity index (χ1v) is 3.83. The van der Waals surface area contributed by atoms with E-state index in [9.17, 15) is 0 Å². The highest BCUT2D eigenvalue weighted by Gasteiger charge is 2.14. The van der Waals surface area contributed by atoms with Gasteiger partial charge in [0.15, 0.2) is 0 Å². The molecule has 1 aromatic carbocycles. The maximum atomic E-state index is 7.75.